The Hall–Kier alpha value is -2.25. The van der Waals surface area contributed by atoms with Gasteiger partial charge in [0.15, 0.2) is 11.6 Å². The van der Waals surface area contributed by atoms with Gasteiger partial charge in [0.05, 0.1) is 17.6 Å². The van der Waals surface area contributed by atoms with E-state index in [1.54, 1.807) is 4.57 Å². The van der Waals surface area contributed by atoms with Crippen LogP contribution in [0.15, 0.2) is 12.4 Å². The van der Waals surface area contributed by atoms with Crippen molar-refractivity contribution in [2.45, 2.75) is 32.5 Å². The van der Waals surface area contributed by atoms with E-state index in [0.29, 0.717) is 17.7 Å². The Morgan fingerprint density at radius 3 is 2.67 bits per heavy atom. The zero-order valence-corrected chi connectivity index (χ0v) is 11.3. The number of halogens is 3. The van der Waals surface area contributed by atoms with Gasteiger partial charge in [-0.05, 0) is 13.3 Å². The highest BCUT2D eigenvalue weighted by atomic mass is 19.4. The molecule has 8 heteroatoms. The first-order valence-corrected chi connectivity index (χ1v) is 6.30. The maximum absolute atomic E-state index is 12.7. The van der Waals surface area contributed by atoms with Crippen molar-refractivity contribution >= 4 is 5.78 Å². The molecule has 1 aliphatic rings. The summed E-state index contributed by atoms with van der Waals surface area (Å²) in [6.07, 6.45) is -1.56. The van der Waals surface area contributed by atoms with Crippen LogP contribution in [0.1, 0.15) is 41.9 Å². The lowest BCUT2D eigenvalue weighted by Crippen LogP contribution is -2.22. The van der Waals surface area contributed by atoms with Gasteiger partial charge in [0.2, 0.25) is 5.82 Å². The van der Waals surface area contributed by atoms with E-state index < -0.39 is 12.0 Å². The second-order valence-corrected chi connectivity index (χ2v) is 5.01. The number of carbonyl (C=O) groups excluding carboxylic acids is 1. The largest absolute Gasteiger partial charge is 0.451 e. The summed E-state index contributed by atoms with van der Waals surface area (Å²) in [7, 11) is 0. The predicted molar refractivity (Wildman–Crippen MR) is 66.7 cm³/mol. The fraction of sp³-hybridized carbons (Fsp3) is 0.385. The Balaban J connectivity index is 2.22. The number of aromatic nitrogens is 4. The molecule has 0 aliphatic carbocycles. The first-order chi connectivity index (χ1) is 9.79. The van der Waals surface area contributed by atoms with Crippen LogP contribution in [0.4, 0.5) is 13.2 Å². The summed E-state index contributed by atoms with van der Waals surface area (Å²) in [6, 6.07) is -0.0887. The number of imidazole rings is 1. The highest BCUT2D eigenvalue weighted by molar-refractivity contribution is 5.91. The average molecular weight is 296 g/mol. The van der Waals surface area contributed by atoms with Crippen molar-refractivity contribution in [2.24, 2.45) is 0 Å². The number of Topliss-reactive ketones (excluding diaryl/α,β-unsaturated/α-hetero) is 1. The smallest absolute Gasteiger partial charge is 0.317 e. The zero-order chi connectivity index (χ0) is 15.4. The molecule has 0 aromatic carbocycles. The van der Waals surface area contributed by atoms with Crippen LogP contribution in [0, 0.1) is 0 Å². The fourth-order valence-corrected chi connectivity index (χ4v) is 2.57. The van der Waals surface area contributed by atoms with Crippen molar-refractivity contribution in [2.75, 3.05) is 0 Å². The molecule has 0 fully saturated rings. The van der Waals surface area contributed by atoms with Crippen LogP contribution in [0.5, 0.6) is 0 Å². The maximum Gasteiger partial charge on any atom is 0.451 e. The Kier molecular flexibility index (Phi) is 2.86. The van der Waals surface area contributed by atoms with E-state index in [9.17, 15) is 18.0 Å². The van der Waals surface area contributed by atoms with Crippen LogP contribution >= 0.6 is 0 Å². The van der Waals surface area contributed by atoms with Crippen molar-refractivity contribution in [1.29, 1.82) is 0 Å². The van der Waals surface area contributed by atoms with E-state index in [4.69, 9.17) is 0 Å². The van der Waals surface area contributed by atoms with E-state index >= 15 is 0 Å². The van der Waals surface area contributed by atoms with Gasteiger partial charge in [-0.15, -0.1) is 0 Å². The molecule has 2 aromatic heterocycles. The number of hydrogen-bond acceptors (Lipinski definition) is 4. The summed E-state index contributed by atoms with van der Waals surface area (Å²) in [4.78, 5) is 22.6. The predicted octanol–water partition coefficient (Wildman–Crippen LogP) is 2.68. The molecule has 0 amide bonds. The molecule has 0 saturated carbocycles. The molecule has 2 aromatic rings. The molecule has 1 aliphatic heterocycles. The van der Waals surface area contributed by atoms with Gasteiger partial charge in [-0.3, -0.25) is 4.79 Å². The van der Waals surface area contributed by atoms with Crippen LogP contribution < -0.4 is 0 Å². The third-order valence-electron chi connectivity index (χ3n) is 3.43. The van der Waals surface area contributed by atoms with Crippen molar-refractivity contribution < 1.29 is 18.0 Å². The minimum Gasteiger partial charge on any atom is -0.317 e. The third-order valence-corrected chi connectivity index (χ3v) is 3.43. The standard InChI is InChI=1S/C13H11F3N4O/c1-6-3-8-4-18-12(13(14,15)16)19-10(8)9-5-17-11(7(2)21)20(6)9/h4-6H,3H2,1-2H3. The quantitative estimate of drug-likeness (QED) is 0.759. The van der Waals surface area contributed by atoms with Crippen LogP contribution in [-0.4, -0.2) is 25.3 Å². The van der Waals surface area contributed by atoms with Gasteiger partial charge >= 0.3 is 6.18 Å². The lowest BCUT2D eigenvalue weighted by atomic mass is 10.0. The van der Waals surface area contributed by atoms with Gasteiger partial charge in [0, 0.05) is 24.7 Å². The van der Waals surface area contributed by atoms with E-state index in [-0.39, 0.29) is 23.3 Å². The summed E-state index contributed by atoms with van der Waals surface area (Å²) in [5, 5.41) is 0. The van der Waals surface area contributed by atoms with E-state index in [1.807, 2.05) is 6.92 Å². The Bertz CT molecular complexity index is 736. The van der Waals surface area contributed by atoms with Gasteiger partial charge in [-0.1, -0.05) is 0 Å². The summed E-state index contributed by atoms with van der Waals surface area (Å²) in [5.74, 6) is -1.19. The van der Waals surface area contributed by atoms with Crippen LogP contribution in [0.3, 0.4) is 0 Å². The van der Waals surface area contributed by atoms with E-state index in [2.05, 4.69) is 15.0 Å². The third kappa shape index (κ3) is 2.10. The van der Waals surface area contributed by atoms with Crippen molar-refractivity contribution in [3.05, 3.63) is 29.6 Å². The molecule has 0 spiro atoms. The Labute approximate surface area is 117 Å². The number of rotatable bonds is 1. The zero-order valence-electron chi connectivity index (χ0n) is 11.3. The molecule has 0 saturated heterocycles. The molecular formula is C13H11F3N4O. The van der Waals surface area contributed by atoms with Gasteiger partial charge in [0.1, 0.15) is 0 Å². The number of hydrogen-bond donors (Lipinski definition) is 0. The van der Waals surface area contributed by atoms with E-state index in [0.717, 1.165) is 0 Å². The highest BCUT2D eigenvalue weighted by Crippen LogP contribution is 2.36. The molecular weight excluding hydrogens is 285 g/mol. The number of nitrogens with zero attached hydrogens (tertiary/aromatic N) is 4. The molecule has 1 unspecified atom stereocenters. The molecule has 5 nitrogen and oxygen atoms in total. The van der Waals surface area contributed by atoms with E-state index in [1.165, 1.54) is 19.3 Å². The van der Waals surface area contributed by atoms with Crippen LogP contribution in [0.25, 0.3) is 11.4 Å². The van der Waals surface area contributed by atoms with Crippen molar-refractivity contribution in [1.82, 2.24) is 19.5 Å². The molecule has 0 radical (unpaired) electrons. The lowest BCUT2D eigenvalue weighted by Gasteiger charge is -2.25. The first kappa shape index (κ1) is 13.7. The van der Waals surface area contributed by atoms with Gasteiger partial charge in [0.25, 0.3) is 0 Å². The molecule has 0 bridgehead atoms. The lowest BCUT2D eigenvalue weighted by molar-refractivity contribution is -0.144. The number of fused-ring (bicyclic) bond motifs is 3. The molecule has 110 valence electrons. The molecule has 1 atom stereocenters. The fourth-order valence-electron chi connectivity index (χ4n) is 2.57. The number of carbonyl (C=O) groups is 1. The maximum atomic E-state index is 12.7. The topological polar surface area (TPSA) is 60.7 Å². The molecule has 0 N–H and O–H groups in total. The summed E-state index contributed by atoms with van der Waals surface area (Å²) in [6.45, 7) is 3.25. The average Bonchev–Trinajstić information content (AvgIpc) is 2.83. The monoisotopic (exact) mass is 296 g/mol. The van der Waals surface area contributed by atoms with Crippen LogP contribution in [-0.2, 0) is 12.6 Å². The van der Waals surface area contributed by atoms with Crippen molar-refractivity contribution in [3.63, 3.8) is 0 Å². The van der Waals surface area contributed by atoms with Crippen molar-refractivity contribution in [3.8, 4) is 11.4 Å². The molecule has 3 rings (SSSR count). The Morgan fingerprint density at radius 2 is 2.05 bits per heavy atom. The molecule has 3 heterocycles. The normalized spacial score (nSPS) is 17.3. The van der Waals surface area contributed by atoms with Gasteiger partial charge in [-0.2, -0.15) is 13.2 Å². The minimum absolute atomic E-state index is 0.0887. The minimum atomic E-state index is -4.60. The first-order valence-electron chi connectivity index (χ1n) is 6.30. The van der Waals surface area contributed by atoms with Gasteiger partial charge in [-0.25, -0.2) is 15.0 Å². The summed E-state index contributed by atoms with van der Waals surface area (Å²) < 4.78 is 39.9. The second kappa shape index (κ2) is 4.37. The van der Waals surface area contributed by atoms with Gasteiger partial charge < -0.3 is 4.57 Å². The summed E-state index contributed by atoms with van der Waals surface area (Å²) >= 11 is 0. The Morgan fingerprint density at radius 1 is 1.33 bits per heavy atom. The number of ketones is 1. The summed E-state index contributed by atoms with van der Waals surface area (Å²) in [5.41, 5.74) is 1.23. The molecule has 21 heavy (non-hydrogen) atoms. The second-order valence-electron chi connectivity index (χ2n) is 5.01. The highest BCUT2D eigenvalue weighted by Gasteiger charge is 2.37. The SMILES string of the molecule is CC(=O)c1ncc2n1C(C)Cc1cnc(C(F)(F)F)nc1-2. The van der Waals surface area contributed by atoms with Crippen LogP contribution in [0.2, 0.25) is 0 Å². The number of alkyl halides is 3.